The van der Waals surface area contributed by atoms with Crippen molar-refractivity contribution in [3.05, 3.63) is 0 Å². The highest BCUT2D eigenvalue weighted by atomic mass is 16.5. The molecule has 0 aliphatic carbocycles. The Hall–Kier alpha value is -0.320. The fraction of sp³-hybridized carbons (Fsp3) is 1.00. The molecule has 0 saturated heterocycles. The van der Waals surface area contributed by atoms with Crippen LogP contribution in [-0.2, 0) is 18.9 Å². The van der Waals surface area contributed by atoms with Gasteiger partial charge in [0.1, 0.15) is 0 Å². The summed E-state index contributed by atoms with van der Waals surface area (Å²) in [5, 5.41) is 14.1. The van der Waals surface area contributed by atoms with E-state index < -0.39 is 0 Å². The van der Waals surface area contributed by atoms with Gasteiger partial charge in [0.25, 0.3) is 0 Å². The van der Waals surface area contributed by atoms with Gasteiger partial charge in [-0.3, -0.25) is 0 Å². The van der Waals surface area contributed by atoms with Gasteiger partial charge in [-0.2, -0.15) is 0 Å². The number of methoxy groups -OCH3 is 1. The molecule has 2 atom stereocenters. The molecule has 0 aromatic carbocycles. The summed E-state index contributed by atoms with van der Waals surface area (Å²) in [7, 11) is 1.76. The van der Waals surface area contributed by atoms with Crippen molar-refractivity contribution in [1.82, 2.24) is 21.3 Å². The molecule has 2 unspecified atom stereocenters. The smallest absolute Gasteiger partial charge is 0.0932 e. The first-order valence-corrected chi connectivity index (χ1v) is 20.4. The summed E-state index contributed by atoms with van der Waals surface area (Å²) in [5.41, 5.74) is 0. The first kappa shape index (κ1) is 46.7. The molecule has 0 amide bonds. The van der Waals surface area contributed by atoms with E-state index in [1.54, 1.807) is 7.11 Å². The van der Waals surface area contributed by atoms with Crippen LogP contribution in [0.1, 0.15) is 149 Å². The molecule has 0 rings (SSSR count). The largest absolute Gasteiger partial charge is 0.382 e. The lowest BCUT2D eigenvalue weighted by Crippen LogP contribution is -2.39. The summed E-state index contributed by atoms with van der Waals surface area (Å²) in [6.07, 6.45) is 27.3. The van der Waals surface area contributed by atoms with Gasteiger partial charge in [0.15, 0.2) is 0 Å². The summed E-state index contributed by atoms with van der Waals surface area (Å²) in [6.45, 7) is 17.7. The number of nitrogens with one attached hydrogen (secondary N) is 4. The van der Waals surface area contributed by atoms with E-state index in [-0.39, 0.29) is 12.2 Å². The molecule has 0 aromatic rings. The molecule has 47 heavy (non-hydrogen) atoms. The molecular formula is C39H84N4O4. The lowest BCUT2D eigenvalue weighted by Gasteiger charge is -2.18. The molecule has 284 valence electrons. The zero-order chi connectivity index (χ0) is 34.1. The van der Waals surface area contributed by atoms with Gasteiger partial charge >= 0.3 is 0 Å². The molecule has 0 radical (unpaired) electrons. The van der Waals surface area contributed by atoms with Gasteiger partial charge in [-0.15, -0.1) is 0 Å². The van der Waals surface area contributed by atoms with Crippen LogP contribution >= 0.6 is 0 Å². The molecular weight excluding hydrogens is 588 g/mol. The first-order chi connectivity index (χ1) is 23.3. The van der Waals surface area contributed by atoms with Crippen LogP contribution in [-0.4, -0.2) is 105 Å². The molecule has 0 aliphatic heterocycles. The molecule has 4 N–H and O–H groups in total. The van der Waals surface area contributed by atoms with E-state index in [2.05, 4.69) is 42.0 Å². The predicted molar refractivity (Wildman–Crippen MR) is 203 cm³/mol. The van der Waals surface area contributed by atoms with Crippen molar-refractivity contribution in [3.8, 4) is 0 Å². The van der Waals surface area contributed by atoms with Crippen LogP contribution < -0.4 is 21.3 Å². The SMILES string of the molecule is CCCCCCCCCCCCOCC(CNCCNCCNCCNCC(COC)OCCCCCCCCCCCC)OCC. The molecule has 8 nitrogen and oxygen atoms in total. The van der Waals surface area contributed by atoms with Crippen LogP contribution in [0.4, 0.5) is 0 Å². The lowest BCUT2D eigenvalue weighted by molar-refractivity contribution is -0.0113. The van der Waals surface area contributed by atoms with E-state index in [9.17, 15) is 0 Å². The monoisotopic (exact) mass is 673 g/mol. The fourth-order valence-corrected chi connectivity index (χ4v) is 5.81. The Balaban J connectivity index is 3.54. The van der Waals surface area contributed by atoms with Crippen LogP contribution in [0.25, 0.3) is 0 Å². The van der Waals surface area contributed by atoms with Crippen molar-refractivity contribution in [3.63, 3.8) is 0 Å². The quantitative estimate of drug-likeness (QED) is 0.0493. The van der Waals surface area contributed by atoms with Crippen LogP contribution in [0.5, 0.6) is 0 Å². The van der Waals surface area contributed by atoms with Crippen molar-refractivity contribution in [2.75, 3.05) is 92.5 Å². The maximum absolute atomic E-state index is 6.09. The third-order valence-electron chi connectivity index (χ3n) is 8.73. The van der Waals surface area contributed by atoms with Gasteiger partial charge in [-0.05, 0) is 19.8 Å². The first-order valence-electron chi connectivity index (χ1n) is 20.4. The summed E-state index contributed by atoms with van der Waals surface area (Å²) < 4.78 is 23.3. The number of unbranched alkanes of at least 4 members (excludes halogenated alkanes) is 18. The Kier molecular flexibility index (Phi) is 41.6. The van der Waals surface area contributed by atoms with E-state index in [4.69, 9.17) is 18.9 Å². The molecule has 0 fully saturated rings. The Bertz CT molecular complexity index is 561. The molecule has 0 saturated carbocycles. The number of hydrogen-bond donors (Lipinski definition) is 4. The van der Waals surface area contributed by atoms with E-state index in [1.165, 1.54) is 122 Å². The van der Waals surface area contributed by atoms with Crippen molar-refractivity contribution in [2.45, 2.75) is 161 Å². The van der Waals surface area contributed by atoms with Gasteiger partial charge < -0.3 is 40.2 Å². The summed E-state index contributed by atoms with van der Waals surface area (Å²) in [6, 6.07) is 0. The Labute approximate surface area is 293 Å². The minimum atomic E-state index is 0.130. The van der Waals surface area contributed by atoms with Crippen LogP contribution in [0, 0.1) is 0 Å². The maximum Gasteiger partial charge on any atom is 0.0932 e. The second-order valence-electron chi connectivity index (χ2n) is 13.4. The van der Waals surface area contributed by atoms with E-state index >= 15 is 0 Å². The van der Waals surface area contributed by atoms with Gasteiger partial charge in [0, 0.05) is 79.3 Å². The summed E-state index contributed by atoms with van der Waals surface area (Å²) >= 11 is 0. The summed E-state index contributed by atoms with van der Waals surface area (Å²) in [5.74, 6) is 0. The van der Waals surface area contributed by atoms with Crippen molar-refractivity contribution in [2.24, 2.45) is 0 Å². The average Bonchev–Trinajstić information content (AvgIpc) is 3.07. The number of ether oxygens (including phenoxy) is 4. The topological polar surface area (TPSA) is 85.0 Å². The van der Waals surface area contributed by atoms with Crippen LogP contribution in [0.3, 0.4) is 0 Å². The van der Waals surface area contributed by atoms with E-state index in [0.29, 0.717) is 13.2 Å². The molecule has 0 aliphatic rings. The van der Waals surface area contributed by atoms with Gasteiger partial charge in [-0.1, -0.05) is 129 Å². The predicted octanol–water partition coefficient (Wildman–Crippen LogP) is 7.64. The van der Waals surface area contributed by atoms with Crippen LogP contribution in [0.15, 0.2) is 0 Å². The van der Waals surface area contributed by atoms with Gasteiger partial charge in [0.2, 0.25) is 0 Å². The third kappa shape index (κ3) is 38.3. The zero-order valence-corrected chi connectivity index (χ0v) is 32.1. The minimum absolute atomic E-state index is 0.130. The van der Waals surface area contributed by atoms with E-state index in [0.717, 1.165) is 78.6 Å². The fourth-order valence-electron chi connectivity index (χ4n) is 5.81. The Morgan fingerprint density at radius 3 is 1.21 bits per heavy atom. The second-order valence-corrected chi connectivity index (χ2v) is 13.4. The Morgan fingerprint density at radius 1 is 0.404 bits per heavy atom. The third-order valence-corrected chi connectivity index (χ3v) is 8.73. The normalized spacial score (nSPS) is 13.0. The highest BCUT2D eigenvalue weighted by molar-refractivity contribution is 4.64. The minimum Gasteiger partial charge on any atom is -0.382 e. The molecule has 0 bridgehead atoms. The van der Waals surface area contributed by atoms with Crippen molar-refractivity contribution < 1.29 is 18.9 Å². The van der Waals surface area contributed by atoms with Crippen LogP contribution in [0.2, 0.25) is 0 Å². The van der Waals surface area contributed by atoms with Gasteiger partial charge in [0.05, 0.1) is 25.4 Å². The van der Waals surface area contributed by atoms with Crippen molar-refractivity contribution in [1.29, 1.82) is 0 Å². The molecule has 0 spiro atoms. The Morgan fingerprint density at radius 2 is 0.787 bits per heavy atom. The van der Waals surface area contributed by atoms with Gasteiger partial charge in [-0.25, -0.2) is 0 Å². The maximum atomic E-state index is 6.09. The lowest BCUT2D eigenvalue weighted by atomic mass is 10.1. The highest BCUT2D eigenvalue weighted by Gasteiger charge is 2.09. The van der Waals surface area contributed by atoms with Crippen molar-refractivity contribution >= 4 is 0 Å². The molecule has 8 heteroatoms. The average molecular weight is 673 g/mol. The summed E-state index contributed by atoms with van der Waals surface area (Å²) in [4.78, 5) is 0. The highest BCUT2D eigenvalue weighted by Crippen LogP contribution is 2.12. The number of rotatable bonds is 42. The van der Waals surface area contributed by atoms with E-state index in [1.807, 2.05) is 0 Å². The second kappa shape index (κ2) is 41.8. The molecule has 0 heterocycles. The standard InChI is InChI=1S/C39H84N4O4/c1-5-8-10-12-14-16-18-20-22-24-32-45-37-39(46-7-3)35-43-31-29-41-27-26-40-28-30-42-34-38(36-44-4)47-33-25-23-21-19-17-15-13-11-9-6-2/h38-43H,5-37H2,1-4H3. The zero-order valence-electron chi connectivity index (χ0n) is 32.1. The number of hydrogen-bond acceptors (Lipinski definition) is 8. The molecule has 0 aromatic heterocycles.